The number of nitriles is 1. The van der Waals surface area contributed by atoms with Gasteiger partial charge in [0.2, 0.25) is 11.8 Å². The first-order chi connectivity index (χ1) is 15.7. The van der Waals surface area contributed by atoms with E-state index in [0.717, 1.165) is 45.3 Å². The van der Waals surface area contributed by atoms with Gasteiger partial charge in [0, 0.05) is 5.56 Å². The third-order valence-electron chi connectivity index (χ3n) is 5.69. The highest BCUT2D eigenvalue weighted by atomic mass is 16.5. The average Bonchev–Trinajstić information content (AvgIpc) is 3.25. The van der Waals surface area contributed by atoms with Gasteiger partial charge in [0.15, 0.2) is 0 Å². The number of fused-ring (bicyclic) bond motifs is 2. The summed E-state index contributed by atoms with van der Waals surface area (Å²) in [6.07, 6.45) is 0.949. The number of nitrogens with zero attached hydrogens (tertiary/aromatic N) is 2. The van der Waals surface area contributed by atoms with Crippen LogP contribution in [0.4, 0.5) is 0 Å². The zero-order valence-corrected chi connectivity index (χ0v) is 17.6. The third kappa shape index (κ3) is 3.25. The number of H-pyrrole nitrogens is 1. The van der Waals surface area contributed by atoms with Gasteiger partial charge < -0.3 is 15.2 Å². The topological polar surface area (TPSA) is 97.0 Å². The molecular weight excluding hydrogens is 400 g/mol. The van der Waals surface area contributed by atoms with Gasteiger partial charge in [-0.1, -0.05) is 49.4 Å². The molecule has 1 aliphatic heterocycles. The molecule has 2 heterocycles. The third-order valence-corrected chi connectivity index (χ3v) is 5.69. The zero-order chi connectivity index (χ0) is 22.1. The fourth-order valence-corrected chi connectivity index (χ4v) is 4.22. The Hall–Kier alpha value is -4.24. The van der Waals surface area contributed by atoms with Crippen molar-refractivity contribution in [3.05, 3.63) is 89.3 Å². The summed E-state index contributed by atoms with van der Waals surface area (Å²) < 4.78 is 11.5. The van der Waals surface area contributed by atoms with E-state index in [9.17, 15) is 5.26 Å². The number of aromatic amines is 1. The summed E-state index contributed by atoms with van der Waals surface area (Å²) in [4.78, 5) is 0. The summed E-state index contributed by atoms with van der Waals surface area (Å²) in [5, 5.41) is 19.6. The van der Waals surface area contributed by atoms with E-state index in [-0.39, 0.29) is 5.88 Å². The molecule has 0 saturated carbocycles. The normalized spacial score (nSPS) is 15.2. The van der Waals surface area contributed by atoms with Crippen LogP contribution in [0.5, 0.6) is 11.6 Å². The molecule has 1 aromatic heterocycles. The first-order valence-electron chi connectivity index (χ1n) is 10.6. The van der Waals surface area contributed by atoms with E-state index in [1.54, 1.807) is 0 Å². The average molecular weight is 422 g/mol. The summed E-state index contributed by atoms with van der Waals surface area (Å²) in [5.41, 5.74) is 10.0. The summed E-state index contributed by atoms with van der Waals surface area (Å²) in [6, 6.07) is 24.3. The summed E-state index contributed by atoms with van der Waals surface area (Å²) >= 11 is 0. The Morgan fingerprint density at radius 1 is 1.09 bits per heavy atom. The van der Waals surface area contributed by atoms with Gasteiger partial charge in [-0.05, 0) is 47.0 Å². The van der Waals surface area contributed by atoms with Crippen molar-refractivity contribution in [1.82, 2.24) is 10.2 Å². The predicted octanol–water partition coefficient (Wildman–Crippen LogP) is 5.24. The first-order valence-corrected chi connectivity index (χ1v) is 10.6. The van der Waals surface area contributed by atoms with E-state index in [2.05, 4.69) is 41.4 Å². The Morgan fingerprint density at radius 2 is 1.88 bits per heavy atom. The van der Waals surface area contributed by atoms with E-state index < -0.39 is 5.92 Å². The molecule has 1 aliphatic rings. The number of hydrogen-bond acceptors (Lipinski definition) is 5. The first kappa shape index (κ1) is 19.7. The number of nitrogens with two attached hydrogens (primary N) is 1. The van der Waals surface area contributed by atoms with Gasteiger partial charge in [0.25, 0.3) is 0 Å². The van der Waals surface area contributed by atoms with Crippen molar-refractivity contribution >= 4 is 10.8 Å². The van der Waals surface area contributed by atoms with Gasteiger partial charge in [-0.15, -0.1) is 5.10 Å². The van der Waals surface area contributed by atoms with Gasteiger partial charge in [0.05, 0.1) is 23.8 Å². The Bertz CT molecular complexity index is 1360. The number of ether oxygens (including phenoxy) is 2. The quantitative estimate of drug-likeness (QED) is 0.459. The molecule has 1 unspecified atom stereocenters. The van der Waals surface area contributed by atoms with E-state index in [0.29, 0.717) is 18.1 Å². The number of hydrogen-bond donors (Lipinski definition) is 2. The summed E-state index contributed by atoms with van der Waals surface area (Å²) in [5.74, 6) is 0.882. The van der Waals surface area contributed by atoms with Crippen LogP contribution >= 0.6 is 0 Å². The number of nitrogens with one attached hydrogen (secondary N) is 1. The molecule has 3 N–H and O–H groups in total. The van der Waals surface area contributed by atoms with Crippen LogP contribution in [0.2, 0.25) is 0 Å². The molecule has 3 aromatic carbocycles. The molecule has 0 spiro atoms. The zero-order valence-electron chi connectivity index (χ0n) is 17.6. The van der Waals surface area contributed by atoms with Crippen molar-refractivity contribution < 1.29 is 9.47 Å². The molecule has 6 nitrogen and oxygen atoms in total. The van der Waals surface area contributed by atoms with Crippen molar-refractivity contribution in [3.8, 4) is 29.0 Å². The van der Waals surface area contributed by atoms with Crippen LogP contribution in [0.3, 0.4) is 0 Å². The Kier molecular flexibility index (Phi) is 5.00. The molecule has 4 aromatic rings. The second-order valence-corrected chi connectivity index (χ2v) is 7.68. The molecule has 0 aliphatic carbocycles. The summed E-state index contributed by atoms with van der Waals surface area (Å²) in [6.45, 7) is 2.75. The molecular formula is C26H22N4O2. The van der Waals surface area contributed by atoms with E-state index in [4.69, 9.17) is 15.2 Å². The second-order valence-electron chi connectivity index (χ2n) is 7.68. The highest BCUT2D eigenvalue weighted by Gasteiger charge is 2.36. The minimum atomic E-state index is -0.403. The molecule has 158 valence electrons. The van der Waals surface area contributed by atoms with E-state index in [1.165, 1.54) is 0 Å². The fourth-order valence-electron chi connectivity index (χ4n) is 4.22. The fraction of sp³-hybridized carbons (Fsp3) is 0.154. The number of allylic oxidation sites excluding steroid dienone is 1. The largest absolute Gasteiger partial charge is 0.494 e. The number of benzene rings is 3. The van der Waals surface area contributed by atoms with Crippen molar-refractivity contribution in [3.63, 3.8) is 0 Å². The van der Waals surface area contributed by atoms with Crippen LogP contribution < -0.4 is 15.2 Å². The molecule has 0 amide bonds. The monoisotopic (exact) mass is 422 g/mol. The van der Waals surface area contributed by atoms with Crippen LogP contribution in [-0.2, 0) is 0 Å². The Labute approximate surface area is 185 Å². The molecule has 6 heteroatoms. The lowest BCUT2D eigenvalue weighted by atomic mass is 9.81. The second kappa shape index (κ2) is 8.12. The standard InChI is InChI=1S/C26H22N4O2/c1-2-14-31-18-12-10-17(11-13-18)24-23-22(21(15-27)25(28)32-26(23)30-29-24)20-9-5-7-16-6-3-4-8-19(16)20/h3-13,22H,2,14,28H2,1H3,(H,29,30). The Balaban J connectivity index is 1.68. The lowest BCUT2D eigenvalue weighted by molar-refractivity contribution is 0.317. The highest BCUT2D eigenvalue weighted by Crippen LogP contribution is 2.47. The van der Waals surface area contributed by atoms with Crippen LogP contribution in [0.15, 0.2) is 78.2 Å². The maximum atomic E-state index is 9.99. The van der Waals surface area contributed by atoms with Crippen molar-refractivity contribution in [2.75, 3.05) is 6.61 Å². The number of rotatable bonds is 5. The number of aromatic nitrogens is 2. The molecule has 5 rings (SSSR count). The van der Waals surface area contributed by atoms with E-state index in [1.807, 2.05) is 48.5 Å². The van der Waals surface area contributed by atoms with Crippen molar-refractivity contribution in [1.29, 1.82) is 5.26 Å². The molecule has 0 bridgehead atoms. The van der Waals surface area contributed by atoms with Crippen molar-refractivity contribution in [2.24, 2.45) is 5.73 Å². The molecule has 32 heavy (non-hydrogen) atoms. The smallest absolute Gasteiger partial charge is 0.244 e. The van der Waals surface area contributed by atoms with E-state index >= 15 is 0 Å². The molecule has 1 atom stereocenters. The summed E-state index contributed by atoms with van der Waals surface area (Å²) in [7, 11) is 0. The van der Waals surface area contributed by atoms with Crippen molar-refractivity contribution in [2.45, 2.75) is 19.3 Å². The minimum Gasteiger partial charge on any atom is -0.494 e. The molecule has 0 saturated heterocycles. The van der Waals surface area contributed by atoms with Gasteiger partial charge >= 0.3 is 0 Å². The van der Waals surface area contributed by atoms with Gasteiger partial charge in [-0.3, -0.25) is 5.10 Å². The van der Waals surface area contributed by atoms with Crippen LogP contribution in [0.1, 0.15) is 30.4 Å². The Morgan fingerprint density at radius 3 is 2.66 bits per heavy atom. The van der Waals surface area contributed by atoms with Crippen LogP contribution in [0.25, 0.3) is 22.0 Å². The van der Waals surface area contributed by atoms with Gasteiger partial charge in [0.1, 0.15) is 17.4 Å². The molecule has 0 fully saturated rings. The minimum absolute atomic E-state index is 0.0827. The van der Waals surface area contributed by atoms with Gasteiger partial charge in [-0.2, -0.15) is 5.26 Å². The van der Waals surface area contributed by atoms with Gasteiger partial charge in [-0.25, -0.2) is 0 Å². The predicted molar refractivity (Wildman–Crippen MR) is 123 cm³/mol. The maximum Gasteiger partial charge on any atom is 0.244 e. The highest BCUT2D eigenvalue weighted by molar-refractivity contribution is 5.88. The SMILES string of the molecule is CCCOc1ccc(-c2[nH]nc3c2C(c2cccc4ccccc24)C(C#N)=C(N)O3)cc1. The lowest BCUT2D eigenvalue weighted by Crippen LogP contribution is -2.21. The maximum absolute atomic E-state index is 9.99. The van der Waals surface area contributed by atoms with Crippen LogP contribution in [0, 0.1) is 11.3 Å². The molecule has 0 radical (unpaired) electrons. The lowest BCUT2D eigenvalue weighted by Gasteiger charge is -2.25. The van der Waals surface area contributed by atoms with Crippen LogP contribution in [-0.4, -0.2) is 16.8 Å².